The molecule has 0 saturated carbocycles. The molecular formula is C31H20ClFN2O4S. The molecule has 0 bridgehead atoms. The first kappa shape index (κ1) is 25.7. The van der Waals surface area contributed by atoms with Crippen molar-refractivity contribution in [2.75, 3.05) is 4.90 Å². The smallest absolute Gasteiger partial charge is 0.301 e. The lowest BCUT2D eigenvalue weighted by Crippen LogP contribution is -2.29. The van der Waals surface area contributed by atoms with Gasteiger partial charge in [0, 0.05) is 10.6 Å². The van der Waals surface area contributed by atoms with E-state index in [-0.39, 0.29) is 16.5 Å². The third kappa shape index (κ3) is 4.83. The Labute approximate surface area is 237 Å². The van der Waals surface area contributed by atoms with E-state index in [1.54, 1.807) is 48.5 Å². The highest BCUT2D eigenvalue weighted by Crippen LogP contribution is 2.44. The van der Waals surface area contributed by atoms with E-state index in [0.29, 0.717) is 38.7 Å². The van der Waals surface area contributed by atoms with Gasteiger partial charge in [0.2, 0.25) is 0 Å². The van der Waals surface area contributed by atoms with Crippen LogP contribution >= 0.6 is 22.9 Å². The van der Waals surface area contributed by atoms with Gasteiger partial charge in [0.25, 0.3) is 5.78 Å². The van der Waals surface area contributed by atoms with Crippen molar-refractivity contribution in [3.63, 3.8) is 0 Å². The molecule has 1 aromatic heterocycles. The summed E-state index contributed by atoms with van der Waals surface area (Å²) in [5.41, 5.74) is 2.31. The Kier molecular flexibility index (Phi) is 6.79. The van der Waals surface area contributed by atoms with E-state index in [1.807, 2.05) is 30.3 Å². The summed E-state index contributed by atoms with van der Waals surface area (Å²) in [6.07, 6.45) is 0. The Balaban J connectivity index is 1.43. The molecule has 1 atom stereocenters. The number of aliphatic hydroxyl groups is 1. The van der Waals surface area contributed by atoms with Gasteiger partial charge >= 0.3 is 5.91 Å². The standard InChI is InChI=1S/C31H20ClFN2O4S/c32-21-10-6-20(7-11-21)28(36)26-27(19-8-13-23(14-9-19)39-17-18-4-2-1-3-5-18)35(30(38)29(26)37)31-34-24-15-12-22(33)16-25(24)40-31/h1-16,27,36H,17H2/b28-26+. The first-order chi connectivity index (χ1) is 19.4. The molecule has 6 nitrogen and oxygen atoms in total. The van der Waals surface area contributed by atoms with Gasteiger partial charge in [-0.05, 0) is 65.7 Å². The molecule has 0 aliphatic carbocycles. The van der Waals surface area contributed by atoms with E-state index >= 15 is 0 Å². The number of aromatic nitrogens is 1. The third-order valence-electron chi connectivity index (χ3n) is 6.55. The number of fused-ring (bicyclic) bond motifs is 1. The fraction of sp³-hybridized carbons (Fsp3) is 0.0645. The van der Waals surface area contributed by atoms with Gasteiger partial charge < -0.3 is 9.84 Å². The molecule has 5 aromatic rings. The van der Waals surface area contributed by atoms with E-state index in [9.17, 15) is 19.1 Å². The van der Waals surface area contributed by atoms with Gasteiger partial charge in [-0.1, -0.05) is 65.4 Å². The first-order valence-corrected chi connectivity index (χ1v) is 13.5. The average molecular weight is 571 g/mol. The number of amides is 1. The number of hydrogen-bond acceptors (Lipinski definition) is 6. The van der Waals surface area contributed by atoms with Crippen LogP contribution in [0.4, 0.5) is 9.52 Å². The Morgan fingerprint density at radius 2 is 1.70 bits per heavy atom. The van der Waals surface area contributed by atoms with Crippen LogP contribution in [0.3, 0.4) is 0 Å². The predicted octanol–water partition coefficient (Wildman–Crippen LogP) is 7.29. The minimum Gasteiger partial charge on any atom is -0.507 e. The molecule has 0 spiro atoms. The molecule has 0 radical (unpaired) electrons. The third-order valence-corrected chi connectivity index (χ3v) is 7.82. The molecule has 6 rings (SSSR count). The van der Waals surface area contributed by atoms with Crippen LogP contribution in [-0.4, -0.2) is 21.8 Å². The highest BCUT2D eigenvalue weighted by molar-refractivity contribution is 7.22. The van der Waals surface area contributed by atoms with Gasteiger partial charge in [-0.15, -0.1) is 0 Å². The van der Waals surface area contributed by atoms with Gasteiger partial charge in [-0.2, -0.15) is 0 Å². The molecule has 1 N–H and O–H groups in total. The second kappa shape index (κ2) is 10.6. The lowest BCUT2D eigenvalue weighted by molar-refractivity contribution is -0.132. The summed E-state index contributed by atoms with van der Waals surface area (Å²) in [4.78, 5) is 32.6. The normalized spacial score (nSPS) is 16.6. The number of anilines is 1. The van der Waals surface area contributed by atoms with Gasteiger partial charge in [0.1, 0.15) is 23.9 Å². The number of carbonyl (C=O) groups excluding carboxylic acids is 2. The zero-order chi connectivity index (χ0) is 27.8. The molecule has 9 heteroatoms. The van der Waals surface area contributed by atoms with Crippen LogP contribution in [0.1, 0.15) is 22.7 Å². The Bertz CT molecular complexity index is 1770. The number of aliphatic hydroxyl groups excluding tert-OH is 1. The number of carbonyl (C=O) groups is 2. The first-order valence-electron chi connectivity index (χ1n) is 12.3. The Morgan fingerprint density at radius 3 is 2.42 bits per heavy atom. The van der Waals surface area contributed by atoms with Crippen molar-refractivity contribution in [2.24, 2.45) is 0 Å². The topological polar surface area (TPSA) is 79.7 Å². The van der Waals surface area contributed by atoms with Gasteiger partial charge in [-0.3, -0.25) is 14.5 Å². The van der Waals surface area contributed by atoms with Crippen LogP contribution in [-0.2, 0) is 16.2 Å². The Morgan fingerprint density at radius 1 is 0.975 bits per heavy atom. The number of rotatable bonds is 6. The SMILES string of the molecule is O=C1C(=O)N(c2nc3ccc(F)cc3s2)C(c2ccc(OCc3ccccc3)cc2)/C1=C(\O)c1ccc(Cl)cc1. The van der Waals surface area contributed by atoms with Crippen molar-refractivity contribution in [3.8, 4) is 5.75 Å². The van der Waals surface area contributed by atoms with E-state index in [2.05, 4.69) is 4.98 Å². The monoisotopic (exact) mass is 570 g/mol. The molecule has 1 fully saturated rings. The van der Waals surface area contributed by atoms with Gasteiger partial charge in [0.05, 0.1) is 21.8 Å². The van der Waals surface area contributed by atoms with Crippen LogP contribution in [0.15, 0.2) is 103 Å². The van der Waals surface area contributed by atoms with Crippen LogP contribution in [0.25, 0.3) is 16.0 Å². The lowest BCUT2D eigenvalue weighted by atomic mass is 9.95. The second-order valence-electron chi connectivity index (χ2n) is 9.13. The van der Waals surface area contributed by atoms with E-state index in [1.165, 1.54) is 23.1 Å². The fourth-order valence-corrected chi connectivity index (χ4v) is 5.73. The van der Waals surface area contributed by atoms with Crippen LogP contribution in [0.5, 0.6) is 5.75 Å². The van der Waals surface area contributed by atoms with Crippen molar-refractivity contribution in [2.45, 2.75) is 12.6 Å². The zero-order valence-electron chi connectivity index (χ0n) is 20.8. The molecule has 1 aliphatic heterocycles. The fourth-order valence-electron chi connectivity index (χ4n) is 4.59. The summed E-state index contributed by atoms with van der Waals surface area (Å²) in [5, 5.41) is 12.0. The maximum absolute atomic E-state index is 13.9. The Hall–Kier alpha value is -4.53. The summed E-state index contributed by atoms with van der Waals surface area (Å²) in [6, 6.07) is 26.2. The zero-order valence-corrected chi connectivity index (χ0v) is 22.3. The number of ketones is 1. The number of ether oxygens (including phenoxy) is 1. The van der Waals surface area contributed by atoms with Crippen LogP contribution in [0, 0.1) is 5.82 Å². The summed E-state index contributed by atoms with van der Waals surface area (Å²) in [6.45, 7) is 0.373. The number of benzene rings is 4. The number of nitrogens with zero attached hydrogens (tertiary/aromatic N) is 2. The largest absolute Gasteiger partial charge is 0.507 e. The van der Waals surface area contributed by atoms with Crippen LogP contribution in [0.2, 0.25) is 5.02 Å². The summed E-state index contributed by atoms with van der Waals surface area (Å²) < 4.78 is 20.3. The highest BCUT2D eigenvalue weighted by Gasteiger charge is 2.48. The highest BCUT2D eigenvalue weighted by atomic mass is 35.5. The minimum atomic E-state index is -0.982. The van der Waals surface area contributed by atoms with E-state index in [4.69, 9.17) is 16.3 Å². The molecule has 1 saturated heterocycles. The average Bonchev–Trinajstić information content (AvgIpc) is 3.50. The maximum Gasteiger partial charge on any atom is 0.301 e. The minimum absolute atomic E-state index is 0.0873. The second-order valence-corrected chi connectivity index (χ2v) is 10.6. The number of thiazole rings is 1. The van der Waals surface area contributed by atoms with Gasteiger partial charge in [0.15, 0.2) is 5.13 Å². The molecular weight excluding hydrogens is 551 g/mol. The number of hydrogen-bond donors (Lipinski definition) is 1. The molecule has 4 aromatic carbocycles. The molecule has 2 heterocycles. The van der Waals surface area contributed by atoms with Crippen molar-refractivity contribution >= 4 is 55.7 Å². The number of halogens is 2. The molecule has 1 amide bonds. The van der Waals surface area contributed by atoms with Crippen molar-refractivity contribution in [3.05, 3.63) is 130 Å². The molecule has 40 heavy (non-hydrogen) atoms. The quantitative estimate of drug-likeness (QED) is 0.132. The van der Waals surface area contributed by atoms with Crippen molar-refractivity contribution < 1.29 is 23.8 Å². The van der Waals surface area contributed by atoms with Crippen molar-refractivity contribution in [1.82, 2.24) is 4.98 Å². The molecule has 1 aliphatic rings. The van der Waals surface area contributed by atoms with E-state index < -0.39 is 23.5 Å². The maximum atomic E-state index is 13.9. The lowest BCUT2D eigenvalue weighted by Gasteiger charge is -2.23. The summed E-state index contributed by atoms with van der Waals surface area (Å²) >= 11 is 7.10. The number of Topliss-reactive ketones (excluding diaryl/α,β-unsaturated/α-hetero) is 1. The van der Waals surface area contributed by atoms with Crippen molar-refractivity contribution in [1.29, 1.82) is 0 Å². The summed E-state index contributed by atoms with van der Waals surface area (Å²) in [5.74, 6) is -1.87. The molecule has 1 unspecified atom stereocenters. The van der Waals surface area contributed by atoms with Gasteiger partial charge in [-0.25, -0.2) is 9.37 Å². The van der Waals surface area contributed by atoms with Crippen LogP contribution < -0.4 is 9.64 Å². The summed E-state index contributed by atoms with van der Waals surface area (Å²) in [7, 11) is 0. The van der Waals surface area contributed by atoms with E-state index in [0.717, 1.165) is 16.9 Å². The predicted molar refractivity (Wildman–Crippen MR) is 153 cm³/mol. The molecule has 198 valence electrons.